The lowest BCUT2D eigenvalue weighted by atomic mass is 9.92. The Morgan fingerprint density at radius 1 is 0.970 bits per heavy atom. The maximum Gasteiger partial charge on any atom is 0.178 e. The van der Waals surface area contributed by atoms with Gasteiger partial charge in [0.05, 0.1) is 17.4 Å². The summed E-state index contributed by atoms with van der Waals surface area (Å²) in [6.45, 7) is 0. The van der Waals surface area contributed by atoms with Gasteiger partial charge in [-0.2, -0.15) is 9.61 Å². The summed E-state index contributed by atoms with van der Waals surface area (Å²) in [5, 5.41) is 12.3. The lowest BCUT2D eigenvalue weighted by molar-refractivity contribution is 0.410. The zero-order valence-corrected chi connectivity index (χ0v) is 19.2. The number of rotatable bonds is 6. The predicted octanol–water partition coefficient (Wildman–Crippen LogP) is 5.65. The molecule has 4 aromatic rings. The van der Waals surface area contributed by atoms with E-state index in [1.165, 1.54) is 0 Å². The third-order valence-electron chi connectivity index (χ3n) is 5.59. The molecule has 1 aliphatic carbocycles. The molecule has 0 aliphatic heterocycles. The maximum atomic E-state index is 6.34. The molecule has 1 aliphatic rings. The van der Waals surface area contributed by atoms with Gasteiger partial charge >= 0.3 is 0 Å². The minimum absolute atomic E-state index is 0.294. The molecule has 33 heavy (non-hydrogen) atoms. The summed E-state index contributed by atoms with van der Waals surface area (Å²) in [7, 11) is 0. The second kappa shape index (κ2) is 9.43. The molecule has 1 saturated carbocycles. The predicted molar refractivity (Wildman–Crippen MR) is 131 cm³/mol. The monoisotopic (exact) mass is 483 g/mol. The SMILES string of the molecule is NC1CCC(Nc2cc(Nc3ccc(Oc4cncc(Cl)c4)cc3)n3ncc(Cl)c3n2)CC1. The average molecular weight is 484 g/mol. The van der Waals surface area contributed by atoms with E-state index in [1.54, 1.807) is 29.2 Å². The van der Waals surface area contributed by atoms with Gasteiger partial charge < -0.3 is 21.1 Å². The van der Waals surface area contributed by atoms with Gasteiger partial charge in [-0.05, 0) is 49.9 Å². The number of nitrogens with one attached hydrogen (secondary N) is 2. The number of pyridine rings is 1. The van der Waals surface area contributed by atoms with Crippen LogP contribution >= 0.6 is 23.2 Å². The van der Waals surface area contributed by atoms with Crippen LogP contribution in [0.3, 0.4) is 0 Å². The molecule has 3 aromatic heterocycles. The molecule has 0 unspecified atom stereocenters. The van der Waals surface area contributed by atoms with Crippen molar-refractivity contribution in [1.29, 1.82) is 0 Å². The van der Waals surface area contributed by atoms with Gasteiger partial charge in [-0.25, -0.2) is 4.98 Å². The first kappa shape index (κ1) is 21.8. The van der Waals surface area contributed by atoms with Gasteiger partial charge in [0.1, 0.15) is 28.2 Å². The first-order chi connectivity index (χ1) is 16.0. The number of anilines is 3. The Morgan fingerprint density at radius 2 is 1.76 bits per heavy atom. The van der Waals surface area contributed by atoms with E-state index in [9.17, 15) is 0 Å². The Hall–Kier alpha value is -3.07. The number of ether oxygens (including phenoxy) is 1. The Kier molecular flexibility index (Phi) is 6.22. The highest BCUT2D eigenvalue weighted by Crippen LogP contribution is 2.29. The van der Waals surface area contributed by atoms with Gasteiger partial charge in [-0.3, -0.25) is 4.98 Å². The second-order valence-corrected chi connectivity index (χ2v) is 8.94. The minimum atomic E-state index is 0.294. The Labute approximate surface area is 201 Å². The van der Waals surface area contributed by atoms with Crippen molar-refractivity contribution in [2.75, 3.05) is 10.6 Å². The summed E-state index contributed by atoms with van der Waals surface area (Å²) in [6, 6.07) is 11.8. The molecule has 8 nitrogen and oxygen atoms in total. The van der Waals surface area contributed by atoms with E-state index in [2.05, 4.69) is 25.7 Å². The van der Waals surface area contributed by atoms with Crippen LogP contribution in [0, 0.1) is 0 Å². The van der Waals surface area contributed by atoms with Crippen molar-refractivity contribution < 1.29 is 4.74 Å². The summed E-state index contributed by atoms with van der Waals surface area (Å²) in [5.74, 6) is 2.74. The van der Waals surface area contributed by atoms with E-state index in [1.807, 2.05) is 30.3 Å². The van der Waals surface area contributed by atoms with E-state index in [0.29, 0.717) is 39.3 Å². The number of hydrogen-bond donors (Lipinski definition) is 3. The lowest BCUT2D eigenvalue weighted by Gasteiger charge is -2.27. The number of nitrogens with two attached hydrogens (primary N) is 1. The molecular weight excluding hydrogens is 461 g/mol. The fourth-order valence-electron chi connectivity index (χ4n) is 3.91. The molecular formula is C23H23Cl2N7O. The highest BCUT2D eigenvalue weighted by Gasteiger charge is 2.20. The van der Waals surface area contributed by atoms with Gasteiger partial charge in [-0.1, -0.05) is 23.2 Å². The van der Waals surface area contributed by atoms with Crippen LogP contribution in [0.15, 0.2) is 55.0 Å². The summed E-state index contributed by atoms with van der Waals surface area (Å²) in [5.41, 5.74) is 7.49. The Balaban J connectivity index is 1.35. The number of fused-ring (bicyclic) bond motifs is 1. The van der Waals surface area contributed by atoms with E-state index < -0.39 is 0 Å². The van der Waals surface area contributed by atoms with Crippen LogP contribution in [-0.4, -0.2) is 31.7 Å². The topological polar surface area (TPSA) is 102 Å². The van der Waals surface area contributed by atoms with Gasteiger partial charge in [0.2, 0.25) is 0 Å². The molecule has 0 saturated heterocycles. The van der Waals surface area contributed by atoms with Crippen molar-refractivity contribution in [1.82, 2.24) is 19.6 Å². The lowest BCUT2D eigenvalue weighted by Crippen LogP contribution is -2.33. The van der Waals surface area contributed by atoms with Crippen molar-refractivity contribution in [3.8, 4) is 11.5 Å². The molecule has 170 valence electrons. The molecule has 1 aromatic carbocycles. The van der Waals surface area contributed by atoms with E-state index in [0.717, 1.165) is 43.0 Å². The Morgan fingerprint density at radius 3 is 2.52 bits per heavy atom. The standard InChI is InChI=1S/C23H23Cl2N7O/c24-14-9-19(12-27-11-14)33-18-7-5-17(6-8-18)30-22-10-21(29-16-3-1-15(26)2-4-16)31-23-20(25)13-28-32(22)23/h5-13,15-16,30H,1-4,26H2,(H,29,31). The third kappa shape index (κ3) is 5.13. The van der Waals surface area contributed by atoms with Gasteiger partial charge in [0, 0.05) is 36.1 Å². The molecule has 0 amide bonds. The number of nitrogens with zero attached hydrogens (tertiary/aromatic N) is 4. The van der Waals surface area contributed by atoms with Gasteiger partial charge in [-0.15, -0.1) is 0 Å². The number of halogens is 2. The zero-order valence-electron chi connectivity index (χ0n) is 17.7. The summed E-state index contributed by atoms with van der Waals surface area (Å²) < 4.78 is 7.50. The normalized spacial score (nSPS) is 18.3. The number of hydrogen-bond acceptors (Lipinski definition) is 7. The fraction of sp³-hybridized carbons (Fsp3) is 0.261. The summed E-state index contributed by atoms with van der Waals surface area (Å²) >= 11 is 12.3. The summed E-state index contributed by atoms with van der Waals surface area (Å²) in [6.07, 6.45) is 8.83. The molecule has 0 spiro atoms. The largest absolute Gasteiger partial charge is 0.456 e. The number of benzene rings is 1. The van der Waals surface area contributed by atoms with Gasteiger partial charge in [0.15, 0.2) is 5.65 Å². The molecule has 5 rings (SSSR count). The zero-order chi connectivity index (χ0) is 22.8. The van der Waals surface area contributed by atoms with Crippen molar-refractivity contribution in [2.24, 2.45) is 5.73 Å². The van der Waals surface area contributed by atoms with Gasteiger partial charge in [0.25, 0.3) is 0 Å². The highest BCUT2D eigenvalue weighted by molar-refractivity contribution is 6.33. The third-order valence-corrected chi connectivity index (χ3v) is 6.07. The van der Waals surface area contributed by atoms with Crippen molar-refractivity contribution >= 4 is 46.2 Å². The molecule has 4 N–H and O–H groups in total. The van der Waals surface area contributed by atoms with Crippen molar-refractivity contribution in [3.63, 3.8) is 0 Å². The van der Waals surface area contributed by atoms with Crippen LogP contribution in [0.2, 0.25) is 10.0 Å². The molecule has 0 bridgehead atoms. The first-order valence-corrected chi connectivity index (χ1v) is 11.5. The molecule has 0 atom stereocenters. The van der Waals surface area contributed by atoms with Crippen LogP contribution < -0.4 is 21.1 Å². The molecule has 10 heteroatoms. The van der Waals surface area contributed by atoms with Crippen LogP contribution in [0.1, 0.15) is 25.7 Å². The maximum absolute atomic E-state index is 6.34. The first-order valence-electron chi connectivity index (χ1n) is 10.8. The van der Waals surface area contributed by atoms with E-state index >= 15 is 0 Å². The number of aromatic nitrogens is 4. The van der Waals surface area contributed by atoms with Crippen molar-refractivity contribution in [3.05, 3.63) is 65.0 Å². The molecule has 3 heterocycles. The van der Waals surface area contributed by atoms with Crippen LogP contribution in [0.25, 0.3) is 5.65 Å². The van der Waals surface area contributed by atoms with E-state index in [4.69, 9.17) is 33.7 Å². The van der Waals surface area contributed by atoms with E-state index in [-0.39, 0.29) is 0 Å². The van der Waals surface area contributed by atoms with Crippen LogP contribution in [0.4, 0.5) is 17.3 Å². The van der Waals surface area contributed by atoms with Crippen LogP contribution in [0.5, 0.6) is 11.5 Å². The minimum Gasteiger partial charge on any atom is -0.456 e. The second-order valence-electron chi connectivity index (χ2n) is 8.10. The summed E-state index contributed by atoms with van der Waals surface area (Å²) in [4.78, 5) is 8.70. The highest BCUT2D eigenvalue weighted by atomic mass is 35.5. The van der Waals surface area contributed by atoms with Crippen LogP contribution in [-0.2, 0) is 0 Å². The molecule has 0 radical (unpaired) electrons. The van der Waals surface area contributed by atoms with Crippen molar-refractivity contribution in [2.45, 2.75) is 37.8 Å². The quantitative estimate of drug-likeness (QED) is 0.325. The fourth-order valence-corrected chi connectivity index (χ4v) is 4.24. The molecule has 1 fully saturated rings. The average Bonchev–Trinajstić information content (AvgIpc) is 3.18. The smallest absolute Gasteiger partial charge is 0.178 e. The Bertz CT molecular complexity index is 1250.